The Labute approximate surface area is 129 Å². The van der Waals surface area contributed by atoms with Crippen molar-refractivity contribution >= 4 is 5.91 Å². The number of hydrogen-bond donors (Lipinski definition) is 0. The summed E-state index contributed by atoms with van der Waals surface area (Å²) in [5, 5.41) is 0. The average molecular weight is 313 g/mol. The van der Waals surface area contributed by atoms with Gasteiger partial charge in [0, 0.05) is 6.54 Å². The highest BCUT2D eigenvalue weighted by molar-refractivity contribution is 5.80. The van der Waals surface area contributed by atoms with Gasteiger partial charge in [-0.2, -0.15) is 8.78 Å². The molecular weight excluding hydrogens is 292 g/mol. The Bertz CT molecular complexity index is 563. The number of fused-ring (bicyclic) bond motifs is 1. The van der Waals surface area contributed by atoms with Crippen LogP contribution in [0.5, 0.6) is 11.5 Å². The maximum atomic E-state index is 12.9. The molecule has 0 aromatic heterocycles. The second-order valence-electron chi connectivity index (χ2n) is 5.68. The van der Waals surface area contributed by atoms with Crippen LogP contribution in [0.1, 0.15) is 31.0 Å². The van der Waals surface area contributed by atoms with Gasteiger partial charge < -0.3 is 14.4 Å². The van der Waals surface area contributed by atoms with Crippen LogP contribution in [0.4, 0.5) is 8.78 Å². The van der Waals surface area contributed by atoms with Crippen molar-refractivity contribution in [3.05, 3.63) is 23.3 Å². The van der Waals surface area contributed by atoms with Crippen LogP contribution in [-0.4, -0.2) is 38.0 Å². The van der Waals surface area contributed by atoms with Gasteiger partial charge in [-0.1, -0.05) is 6.92 Å². The van der Waals surface area contributed by atoms with Gasteiger partial charge in [-0.25, -0.2) is 0 Å². The van der Waals surface area contributed by atoms with Crippen LogP contribution in [0, 0.1) is 5.92 Å². The zero-order valence-corrected chi connectivity index (χ0v) is 13.2. The van der Waals surface area contributed by atoms with Crippen molar-refractivity contribution in [3.63, 3.8) is 0 Å². The molecular formula is C16H21F2NO3. The summed E-state index contributed by atoms with van der Waals surface area (Å²) in [6.45, 7) is 4.02. The third-order valence-corrected chi connectivity index (χ3v) is 4.11. The van der Waals surface area contributed by atoms with Crippen LogP contribution in [0.15, 0.2) is 12.1 Å². The number of halogens is 2. The zero-order valence-electron chi connectivity index (χ0n) is 13.2. The minimum Gasteiger partial charge on any atom is -0.493 e. The number of benzene rings is 1. The number of ether oxygens (including phenoxy) is 2. The Kier molecular flexibility index (Phi) is 4.88. The molecule has 2 atom stereocenters. The van der Waals surface area contributed by atoms with E-state index in [0.717, 1.165) is 11.1 Å². The molecule has 0 aliphatic carbocycles. The highest BCUT2D eigenvalue weighted by atomic mass is 19.3. The Hall–Kier alpha value is -1.85. The lowest BCUT2D eigenvalue weighted by molar-refractivity contribution is -0.145. The molecule has 22 heavy (non-hydrogen) atoms. The molecule has 1 aliphatic heterocycles. The maximum absolute atomic E-state index is 12.9. The molecule has 0 unspecified atom stereocenters. The molecule has 122 valence electrons. The van der Waals surface area contributed by atoms with Gasteiger partial charge in [0.25, 0.3) is 5.91 Å². The summed E-state index contributed by atoms with van der Waals surface area (Å²) in [6, 6.07) is 3.22. The highest BCUT2D eigenvalue weighted by Crippen LogP contribution is 2.38. The quantitative estimate of drug-likeness (QED) is 0.861. The SMILES string of the molecule is COc1cc2c(cc1OC)[C@@H](C)N(C(=O)C(F)F)C[C@@H](C)C2. The molecule has 4 nitrogen and oxygen atoms in total. The van der Waals surface area contributed by atoms with E-state index in [-0.39, 0.29) is 5.92 Å². The van der Waals surface area contributed by atoms with Gasteiger partial charge in [-0.05, 0) is 42.5 Å². The predicted octanol–water partition coefficient (Wildman–Crippen LogP) is 3.05. The molecule has 1 aromatic rings. The smallest absolute Gasteiger partial charge is 0.315 e. The van der Waals surface area contributed by atoms with Crippen LogP contribution in [-0.2, 0) is 11.2 Å². The number of carbonyl (C=O) groups excluding carboxylic acids is 1. The van der Waals surface area contributed by atoms with Gasteiger partial charge in [-0.3, -0.25) is 4.79 Å². The van der Waals surface area contributed by atoms with Gasteiger partial charge in [0.2, 0.25) is 0 Å². The van der Waals surface area contributed by atoms with Crippen molar-refractivity contribution in [2.75, 3.05) is 20.8 Å². The molecule has 0 fully saturated rings. The first-order valence-electron chi connectivity index (χ1n) is 7.22. The number of hydrogen-bond acceptors (Lipinski definition) is 3. The summed E-state index contributed by atoms with van der Waals surface area (Å²) in [5.41, 5.74) is 1.83. The van der Waals surface area contributed by atoms with Crippen molar-refractivity contribution in [1.82, 2.24) is 4.90 Å². The van der Waals surface area contributed by atoms with Crippen LogP contribution < -0.4 is 9.47 Å². The molecule has 1 aromatic carbocycles. The zero-order chi connectivity index (χ0) is 16.4. The number of nitrogens with zero attached hydrogens (tertiary/aromatic N) is 1. The monoisotopic (exact) mass is 313 g/mol. The first-order chi connectivity index (χ1) is 10.4. The summed E-state index contributed by atoms with van der Waals surface area (Å²) in [4.78, 5) is 13.1. The van der Waals surface area contributed by atoms with Crippen LogP contribution >= 0.6 is 0 Å². The fraction of sp³-hybridized carbons (Fsp3) is 0.562. The first kappa shape index (κ1) is 16.5. The Balaban J connectivity index is 2.50. The first-order valence-corrected chi connectivity index (χ1v) is 7.22. The summed E-state index contributed by atoms with van der Waals surface area (Å²) in [5.74, 6) is 0.105. The molecule has 1 aliphatic rings. The van der Waals surface area contributed by atoms with Crippen molar-refractivity contribution < 1.29 is 23.0 Å². The maximum Gasteiger partial charge on any atom is 0.315 e. The van der Waals surface area contributed by atoms with Crippen molar-refractivity contribution in [1.29, 1.82) is 0 Å². The second-order valence-corrected chi connectivity index (χ2v) is 5.68. The molecule has 2 rings (SSSR count). The van der Waals surface area contributed by atoms with Crippen LogP contribution in [0.25, 0.3) is 0 Å². The van der Waals surface area contributed by atoms with Gasteiger partial charge in [0.05, 0.1) is 20.3 Å². The molecule has 0 bridgehead atoms. The summed E-state index contributed by atoms with van der Waals surface area (Å²) in [6.07, 6.45) is -2.29. The van der Waals surface area contributed by atoms with Gasteiger partial charge in [0.15, 0.2) is 11.5 Å². The van der Waals surface area contributed by atoms with Crippen LogP contribution in [0.2, 0.25) is 0 Å². The van der Waals surface area contributed by atoms with E-state index in [1.807, 2.05) is 13.0 Å². The molecule has 0 N–H and O–H groups in total. The number of rotatable bonds is 3. The Morgan fingerprint density at radius 3 is 2.36 bits per heavy atom. The van der Waals surface area contributed by atoms with E-state index >= 15 is 0 Å². The van der Waals surface area contributed by atoms with Crippen molar-refractivity contribution in [3.8, 4) is 11.5 Å². The highest BCUT2D eigenvalue weighted by Gasteiger charge is 2.33. The lowest BCUT2D eigenvalue weighted by Gasteiger charge is -2.29. The minimum absolute atomic E-state index is 0.0875. The number of amides is 1. The summed E-state index contributed by atoms with van der Waals surface area (Å²) in [7, 11) is 3.08. The van der Waals surface area contributed by atoms with E-state index in [4.69, 9.17) is 9.47 Å². The van der Waals surface area contributed by atoms with Crippen molar-refractivity contribution in [2.24, 2.45) is 5.92 Å². The summed E-state index contributed by atoms with van der Waals surface area (Å²) >= 11 is 0. The minimum atomic E-state index is -2.99. The standard InChI is InChI=1S/C16H21F2NO3/c1-9-5-11-6-13(21-3)14(22-4)7-12(11)10(2)19(8-9)16(20)15(17)18/h6-7,9-10,15H,5,8H2,1-4H3/t9-,10+/m0/s1. The third-order valence-electron chi connectivity index (χ3n) is 4.11. The Morgan fingerprint density at radius 2 is 1.82 bits per heavy atom. The molecule has 0 radical (unpaired) electrons. The van der Waals surface area contributed by atoms with E-state index in [9.17, 15) is 13.6 Å². The third kappa shape index (κ3) is 3.00. The van der Waals surface area contributed by atoms with Crippen molar-refractivity contribution in [2.45, 2.75) is 32.7 Å². The van der Waals surface area contributed by atoms with E-state index < -0.39 is 18.4 Å². The average Bonchev–Trinajstić information content (AvgIpc) is 2.61. The molecule has 1 amide bonds. The molecule has 0 saturated heterocycles. The number of methoxy groups -OCH3 is 2. The topological polar surface area (TPSA) is 38.8 Å². The van der Waals surface area contributed by atoms with E-state index in [1.54, 1.807) is 20.1 Å². The van der Waals surface area contributed by atoms with Gasteiger partial charge in [-0.15, -0.1) is 0 Å². The van der Waals surface area contributed by atoms with E-state index in [1.165, 1.54) is 12.0 Å². The normalized spacial score (nSPS) is 21.3. The Morgan fingerprint density at radius 1 is 1.23 bits per heavy atom. The predicted molar refractivity (Wildman–Crippen MR) is 78.5 cm³/mol. The molecule has 0 saturated carbocycles. The molecule has 1 heterocycles. The fourth-order valence-corrected chi connectivity index (χ4v) is 3.01. The number of alkyl halides is 2. The number of carbonyl (C=O) groups is 1. The van der Waals surface area contributed by atoms with Gasteiger partial charge >= 0.3 is 6.43 Å². The summed E-state index contributed by atoms with van der Waals surface area (Å²) < 4.78 is 36.3. The largest absolute Gasteiger partial charge is 0.493 e. The fourth-order valence-electron chi connectivity index (χ4n) is 3.01. The van der Waals surface area contributed by atoms with E-state index in [0.29, 0.717) is 24.5 Å². The van der Waals surface area contributed by atoms with E-state index in [2.05, 4.69) is 0 Å². The lowest BCUT2D eigenvalue weighted by Crippen LogP contribution is -2.39. The van der Waals surface area contributed by atoms with Gasteiger partial charge in [0.1, 0.15) is 0 Å². The lowest BCUT2D eigenvalue weighted by atomic mass is 9.95. The molecule has 0 spiro atoms. The second kappa shape index (κ2) is 6.50. The molecule has 6 heteroatoms. The van der Waals surface area contributed by atoms with Crippen LogP contribution in [0.3, 0.4) is 0 Å².